The minimum absolute atomic E-state index is 0. The highest BCUT2D eigenvalue weighted by Gasteiger charge is 2.22. The summed E-state index contributed by atoms with van der Waals surface area (Å²) in [6.07, 6.45) is 2.39. The van der Waals surface area contributed by atoms with Gasteiger partial charge in [-0.1, -0.05) is 13.0 Å². The maximum atomic E-state index is 14.4. The quantitative estimate of drug-likeness (QED) is 0.282. The number of hydrogen-bond donors (Lipinski definition) is 2. The Kier molecular flexibility index (Phi) is 10.8. The normalized spacial score (nSPS) is 20.0. The zero-order valence-corrected chi connectivity index (χ0v) is 21.7. The molecule has 6 nitrogen and oxygen atoms in total. The second-order valence-corrected chi connectivity index (χ2v) is 8.97. The number of ether oxygens (including phenoxy) is 1. The summed E-state index contributed by atoms with van der Waals surface area (Å²) < 4.78 is 20.0. The maximum absolute atomic E-state index is 14.4. The Bertz CT molecular complexity index is 707. The number of likely N-dealkylation sites (N-methyl/N-ethyl adjacent to an activating group) is 1. The smallest absolute Gasteiger partial charge is 0.191 e. The predicted octanol–water partition coefficient (Wildman–Crippen LogP) is 3.34. The van der Waals surface area contributed by atoms with E-state index in [-0.39, 0.29) is 35.8 Å². The molecule has 176 valence electrons. The summed E-state index contributed by atoms with van der Waals surface area (Å²) >= 11 is 0. The number of guanidine groups is 1. The molecule has 1 aliphatic carbocycles. The van der Waals surface area contributed by atoms with Crippen LogP contribution in [0.25, 0.3) is 0 Å². The molecule has 1 aliphatic heterocycles. The lowest BCUT2D eigenvalue weighted by atomic mass is 10.1. The summed E-state index contributed by atoms with van der Waals surface area (Å²) in [5, 5.41) is 6.78. The van der Waals surface area contributed by atoms with Crippen LogP contribution >= 0.6 is 24.0 Å². The highest BCUT2D eigenvalue weighted by atomic mass is 127. The molecule has 2 aliphatic rings. The standard InChI is InChI=1S/C23H38FN5O.HI/c1-17(15-29-11-9-28(4)10-12-29)14-26-23(25-3)27-18(2)20-7-8-22(21(24)13-20)30-16-19-5-6-19;/h7-8,13,17-19H,5-6,9-12,14-16H2,1-4H3,(H2,25,26,27);1H. The van der Waals surface area contributed by atoms with Gasteiger partial charge in [0.05, 0.1) is 12.6 Å². The third-order valence-corrected chi connectivity index (χ3v) is 5.99. The summed E-state index contributed by atoms with van der Waals surface area (Å²) in [4.78, 5) is 9.24. The van der Waals surface area contributed by atoms with Crippen molar-refractivity contribution in [1.82, 2.24) is 20.4 Å². The molecular weight excluding hydrogens is 508 g/mol. The van der Waals surface area contributed by atoms with Gasteiger partial charge in [0.15, 0.2) is 17.5 Å². The molecule has 2 N–H and O–H groups in total. The highest BCUT2D eigenvalue weighted by molar-refractivity contribution is 14.0. The van der Waals surface area contributed by atoms with E-state index in [9.17, 15) is 4.39 Å². The van der Waals surface area contributed by atoms with Crippen molar-refractivity contribution >= 4 is 29.9 Å². The first kappa shape index (κ1) is 26.1. The minimum Gasteiger partial charge on any atom is -0.490 e. The van der Waals surface area contributed by atoms with Gasteiger partial charge >= 0.3 is 0 Å². The van der Waals surface area contributed by atoms with E-state index >= 15 is 0 Å². The van der Waals surface area contributed by atoms with Gasteiger partial charge in [0.1, 0.15) is 0 Å². The van der Waals surface area contributed by atoms with Gasteiger partial charge in [-0.25, -0.2) is 4.39 Å². The summed E-state index contributed by atoms with van der Waals surface area (Å²) in [5.41, 5.74) is 0.875. The Morgan fingerprint density at radius 1 is 1.23 bits per heavy atom. The van der Waals surface area contributed by atoms with Crippen molar-refractivity contribution in [2.45, 2.75) is 32.7 Å². The van der Waals surface area contributed by atoms with E-state index in [1.54, 1.807) is 19.2 Å². The van der Waals surface area contributed by atoms with E-state index in [1.807, 2.05) is 13.0 Å². The minimum atomic E-state index is -0.300. The van der Waals surface area contributed by atoms with Crippen LogP contribution in [0.4, 0.5) is 4.39 Å². The lowest BCUT2D eigenvalue weighted by molar-refractivity contribution is 0.139. The van der Waals surface area contributed by atoms with Gasteiger partial charge in [0, 0.05) is 46.3 Å². The van der Waals surface area contributed by atoms with Crippen molar-refractivity contribution in [3.8, 4) is 5.75 Å². The van der Waals surface area contributed by atoms with Crippen molar-refractivity contribution in [2.24, 2.45) is 16.8 Å². The van der Waals surface area contributed by atoms with E-state index in [0.717, 1.165) is 50.8 Å². The average molecular weight is 548 g/mol. The summed E-state index contributed by atoms with van der Waals surface area (Å²) in [5.74, 6) is 1.91. The van der Waals surface area contributed by atoms with Crippen LogP contribution in [0.1, 0.15) is 38.3 Å². The molecule has 1 saturated heterocycles. The van der Waals surface area contributed by atoms with E-state index in [0.29, 0.717) is 24.2 Å². The van der Waals surface area contributed by atoms with Crippen LogP contribution in [0.2, 0.25) is 0 Å². The first-order valence-corrected chi connectivity index (χ1v) is 11.2. The molecule has 3 rings (SSSR count). The molecule has 31 heavy (non-hydrogen) atoms. The van der Waals surface area contributed by atoms with Gasteiger partial charge in [0.2, 0.25) is 0 Å². The largest absolute Gasteiger partial charge is 0.490 e. The second-order valence-electron chi connectivity index (χ2n) is 8.97. The summed E-state index contributed by atoms with van der Waals surface area (Å²) in [6, 6.07) is 5.16. The fourth-order valence-corrected chi connectivity index (χ4v) is 3.69. The molecule has 1 saturated carbocycles. The molecule has 0 bridgehead atoms. The van der Waals surface area contributed by atoms with Crippen molar-refractivity contribution in [3.05, 3.63) is 29.6 Å². The summed E-state index contributed by atoms with van der Waals surface area (Å²) in [6.45, 7) is 11.4. The lowest BCUT2D eigenvalue weighted by Gasteiger charge is -2.34. The van der Waals surface area contributed by atoms with Crippen molar-refractivity contribution in [1.29, 1.82) is 0 Å². The number of hydrogen-bond acceptors (Lipinski definition) is 4. The molecule has 0 spiro atoms. The average Bonchev–Trinajstić information content (AvgIpc) is 3.56. The van der Waals surface area contributed by atoms with Gasteiger partial charge in [0.25, 0.3) is 0 Å². The third-order valence-electron chi connectivity index (χ3n) is 5.99. The first-order chi connectivity index (χ1) is 14.4. The predicted molar refractivity (Wildman–Crippen MR) is 136 cm³/mol. The number of benzene rings is 1. The Hall–Kier alpha value is -1.13. The number of halogens is 2. The fourth-order valence-electron chi connectivity index (χ4n) is 3.69. The summed E-state index contributed by atoms with van der Waals surface area (Å²) in [7, 11) is 3.95. The Balaban J connectivity index is 0.00000341. The van der Waals surface area contributed by atoms with Gasteiger partial charge in [-0.05, 0) is 56.3 Å². The highest BCUT2D eigenvalue weighted by Crippen LogP contribution is 2.30. The SMILES string of the molecule is CN=C(NCC(C)CN1CCN(C)CC1)NC(C)c1ccc(OCC2CC2)c(F)c1.I. The third kappa shape index (κ3) is 8.73. The number of aliphatic imine (C=N–C) groups is 1. The molecular formula is C23H39FIN5O. The molecule has 2 fully saturated rings. The molecule has 1 aromatic carbocycles. The molecule has 2 atom stereocenters. The van der Waals surface area contributed by atoms with Gasteiger partial charge in [-0.3, -0.25) is 4.99 Å². The molecule has 2 unspecified atom stereocenters. The lowest BCUT2D eigenvalue weighted by Crippen LogP contribution is -2.47. The first-order valence-electron chi connectivity index (χ1n) is 11.2. The van der Waals surface area contributed by atoms with Crippen LogP contribution in [-0.4, -0.2) is 75.7 Å². The van der Waals surface area contributed by atoms with Crippen LogP contribution in [-0.2, 0) is 0 Å². The van der Waals surface area contributed by atoms with Crippen molar-refractivity contribution in [3.63, 3.8) is 0 Å². The van der Waals surface area contributed by atoms with E-state index < -0.39 is 0 Å². The second kappa shape index (κ2) is 12.8. The molecule has 0 amide bonds. The van der Waals surface area contributed by atoms with Crippen LogP contribution in [0.15, 0.2) is 23.2 Å². The molecule has 1 aromatic rings. The number of piperazine rings is 1. The van der Waals surface area contributed by atoms with Crippen molar-refractivity contribution in [2.75, 3.05) is 60.0 Å². The van der Waals surface area contributed by atoms with Crippen LogP contribution in [0.5, 0.6) is 5.75 Å². The zero-order valence-electron chi connectivity index (χ0n) is 19.4. The number of nitrogens with one attached hydrogen (secondary N) is 2. The zero-order chi connectivity index (χ0) is 21.5. The van der Waals surface area contributed by atoms with Gasteiger partial charge < -0.3 is 25.2 Å². The van der Waals surface area contributed by atoms with E-state index in [2.05, 4.69) is 39.4 Å². The molecule has 8 heteroatoms. The van der Waals surface area contributed by atoms with Crippen LogP contribution in [0.3, 0.4) is 0 Å². The molecule has 1 heterocycles. The van der Waals surface area contributed by atoms with Crippen LogP contribution < -0.4 is 15.4 Å². The van der Waals surface area contributed by atoms with Gasteiger partial charge in [-0.15, -0.1) is 24.0 Å². The number of rotatable bonds is 9. The monoisotopic (exact) mass is 547 g/mol. The Labute approximate surface area is 204 Å². The number of nitrogens with zero attached hydrogens (tertiary/aromatic N) is 3. The molecule has 0 radical (unpaired) electrons. The Morgan fingerprint density at radius 2 is 1.94 bits per heavy atom. The van der Waals surface area contributed by atoms with E-state index in [4.69, 9.17) is 4.74 Å². The Morgan fingerprint density at radius 3 is 2.55 bits per heavy atom. The van der Waals surface area contributed by atoms with Crippen LogP contribution in [0, 0.1) is 17.7 Å². The maximum Gasteiger partial charge on any atom is 0.191 e. The van der Waals surface area contributed by atoms with E-state index in [1.165, 1.54) is 12.8 Å². The fraction of sp³-hybridized carbons (Fsp3) is 0.696. The molecule has 0 aromatic heterocycles. The topological polar surface area (TPSA) is 52.1 Å². The van der Waals surface area contributed by atoms with Gasteiger partial charge in [-0.2, -0.15) is 0 Å². The van der Waals surface area contributed by atoms with Crippen molar-refractivity contribution < 1.29 is 9.13 Å².